The molecule has 1 atom stereocenters. The Bertz CT molecular complexity index is 261. The molecule has 2 rings (SSSR count). The van der Waals surface area contributed by atoms with Crippen LogP contribution in [0, 0.1) is 0 Å². The fraction of sp³-hybridized carbons (Fsp3) is 0.778. The Labute approximate surface area is 82.8 Å². The molecule has 0 aliphatic carbocycles. The first-order valence-electron chi connectivity index (χ1n) is 5.06. The molecule has 2 saturated heterocycles. The zero-order valence-corrected chi connectivity index (χ0v) is 8.11. The van der Waals surface area contributed by atoms with Gasteiger partial charge in [-0.2, -0.15) is 0 Å². The Kier molecular flexibility index (Phi) is 2.41. The van der Waals surface area contributed by atoms with Gasteiger partial charge in [-0.05, 0) is 19.3 Å². The van der Waals surface area contributed by atoms with Gasteiger partial charge in [-0.15, -0.1) is 0 Å². The van der Waals surface area contributed by atoms with Gasteiger partial charge >= 0.3 is 0 Å². The van der Waals surface area contributed by atoms with E-state index in [4.69, 9.17) is 5.73 Å². The number of primary amides is 1. The van der Waals surface area contributed by atoms with Crippen molar-refractivity contribution in [2.75, 3.05) is 13.1 Å². The molecule has 14 heavy (non-hydrogen) atoms. The minimum Gasteiger partial charge on any atom is -0.368 e. The van der Waals surface area contributed by atoms with Crippen molar-refractivity contribution in [3.05, 3.63) is 0 Å². The van der Waals surface area contributed by atoms with Crippen LogP contribution in [0.4, 0.5) is 0 Å². The standard InChI is InChI=1S/C9H15N3O2/c10-9(14)7-3-4-8(13)12(7)11-5-1-2-6-11/h7H,1-6H2,(H2,10,14)/t7-/m0/s1. The molecule has 2 aliphatic rings. The smallest absolute Gasteiger partial charge is 0.241 e. The molecule has 0 radical (unpaired) electrons. The van der Waals surface area contributed by atoms with Crippen LogP contribution in [0.2, 0.25) is 0 Å². The van der Waals surface area contributed by atoms with E-state index in [-0.39, 0.29) is 11.8 Å². The molecule has 0 aromatic carbocycles. The van der Waals surface area contributed by atoms with Crippen LogP contribution >= 0.6 is 0 Å². The second-order valence-corrected chi connectivity index (χ2v) is 3.86. The number of nitrogens with two attached hydrogens (primary N) is 1. The Balaban J connectivity index is 2.12. The quantitative estimate of drug-likeness (QED) is 0.647. The molecule has 0 saturated carbocycles. The first-order chi connectivity index (χ1) is 6.70. The maximum Gasteiger partial charge on any atom is 0.241 e. The second-order valence-electron chi connectivity index (χ2n) is 3.86. The van der Waals surface area contributed by atoms with Crippen LogP contribution in [0.3, 0.4) is 0 Å². The summed E-state index contributed by atoms with van der Waals surface area (Å²) < 4.78 is 0. The molecular formula is C9H15N3O2. The molecule has 0 aromatic rings. The van der Waals surface area contributed by atoms with Gasteiger partial charge in [0, 0.05) is 19.5 Å². The third kappa shape index (κ3) is 1.48. The predicted molar refractivity (Wildman–Crippen MR) is 49.9 cm³/mol. The summed E-state index contributed by atoms with van der Waals surface area (Å²) in [4.78, 5) is 22.7. The summed E-state index contributed by atoms with van der Waals surface area (Å²) >= 11 is 0. The second kappa shape index (κ2) is 3.57. The van der Waals surface area contributed by atoms with Crippen LogP contribution in [0.1, 0.15) is 25.7 Å². The maximum absolute atomic E-state index is 11.6. The number of carbonyl (C=O) groups excluding carboxylic acids is 2. The van der Waals surface area contributed by atoms with Crippen molar-refractivity contribution in [2.45, 2.75) is 31.7 Å². The average Bonchev–Trinajstić information content (AvgIpc) is 2.71. The number of nitrogens with zero attached hydrogens (tertiary/aromatic N) is 2. The van der Waals surface area contributed by atoms with Crippen molar-refractivity contribution in [3.8, 4) is 0 Å². The lowest BCUT2D eigenvalue weighted by atomic mass is 10.2. The first kappa shape index (κ1) is 9.45. The number of hydrogen-bond acceptors (Lipinski definition) is 3. The van der Waals surface area contributed by atoms with Gasteiger partial charge in [0.25, 0.3) is 0 Å². The zero-order valence-electron chi connectivity index (χ0n) is 8.11. The number of carbonyl (C=O) groups is 2. The van der Waals surface area contributed by atoms with E-state index in [0.29, 0.717) is 12.8 Å². The fourth-order valence-electron chi connectivity index (χ4n) is 2.20. The first-order valence-corrected chi connectivity index (χ1v) is 5.06. The summed E-state index contributed by atoms with van der Waals surface area (Å²) in [5.41, 5.74) is 5.26. The average molecular weight is 197 g/mol. The monoisotopic (exact) mass is 197 g/mol. The van der Waals surface area contributed by atoms with E-state index in [1.54, 1.807) is 5.01 Å². The summed E-state index contributed by atoms with van der Waals surface area (Å²) in [6.45, 7) is 1.74. The number of amides is 2. The SMILES string of the molecule is NC(=O)[C@@H]1CCC(=O)N1N1CCCC1. The number of rotatable bonds is 2. The van der Waals surface area contributed by atoms with Crippen molar-refractivity contribution in [1.82, 2.24) is 10.0 Å². The highest BCUT2D eigenvalue weighted by atomic mass is 16.2. The molecule has 0 unspecified atom stereocenters. The molecule has 2 N–H and O–H groups in total. The van der Waals surface area contributed by atoms with Crippen molar-refractivity contribution < 1.29 is 9.59 Å². The predicted octanol–water partition coefficient (Wildman–Crippen LogP) is -0.527. The Morgan fingerprint density at radius 3 is 2.57 bits per heavy atom. The third-order valence-corrected chi connectivity index (χ3v) is 2.90. The van der Waals surface area contributed by atoms with Gasteiger partial charge in [0.2, 0.25) is 11.8 Å². The summed E-state index contributed by atoms with van der Waals surface area (Å²) in [7, 11) is 0. The summed E-state index contributed by atoms with van der Waals surface area (Å²) in [5, 5.41) is 3.54. The molecule has 78 valence electrons. The molecule has 2 aliphatic heterocycles. The summed E-state index contributed by atoms with van der Waals surface area (Å²) in [5.74, 6) is -0.349. The van der Waals surface area contributed by atoms with Gasteiger partial charge in [-0.25, -0.2) is 5.01 Å². The van der Waals surface area contributed by atoms with Crippen LogP contribution in [0.25, 0.3) is 0 Å². The molecule has 0 spiro atoms. The molecule has 2 amide bonds. The van der Waals surface area contributed by atoms with Crippen LogP contribution in [-0.2, 0) is 9.59 Å². The Morgan fingerprint density at radius 1 is 1.36 bits per heavy atom. The van der Waals surface area contributed by atoms with Crippen LogP contribution in [0.15, 0.2) is 0 Å². The highest BCUT2D eigenvalue weighted by molar-refractivity contribution is 5.89. The highest BCUT2D eigenvalue weighted by Gasteiger charge is 2.39. The van der Waals surface area contributed by atoms with Crippen LogP contribution in [0.5, 0.6) is 0 Å². The van der Waals surface area contributed by atoms with E-state index in [1.807, 2.05) is 5.01 Å². The lowest BCUT2D eigenvalue weighted by Gasteiger charge is -2.31. The summed E-state index contributed by atoms with van der Waals surface area (Å²) in [6.07, 6.45) is 3.21. The van der Waals surface area contributed by atoms with Crippen molar-refractivity contribution in [3.63, 3.8) is 0 Å². The number of hydrazine groups is 1. The van der Waals surface area contributed by atoms with E-state index >= 15 is 0 Å². The lowest BCUT2D eigenvalue weighted by Crippen LogP contribution is -2.51. The molecule has 2 fully saturated rings. The largest absolute Gasteiger partial charge is 0.368 e. The molecule has 5 nitrogen and oxygen atoms in total. The van der Waals surface area contributed by atoms with Crippen molar-refractivity contribution >= 4 is 11.8 Å². The topological polar surface area (TPSA) is 66.6 Å². The maximum atomic E-state index is 11.6. The zero-order chi connectivity index (χ0) is 10.1. The van der Waals surface area contributed by atoms with Gasteiger partial charge in [0.15, 0.2) is 0 Å². The number of hydrogen-bond donors (Lipinski definition) is 1. The molecule has 0 bridgehead atoms. The molecule has 5 heteroatoms. The van der Waals surface area contributed by atoms with Crippen molar-refractivity contribution in [1.29, 1.82) is 0 Å². The van der Waals surface area contributed by atoms with E-state index in [1.165, 1.54) is 0 Å². The molecule has 2 heterocycles. The van der Waals surface area contributed by atoms with Gasteiger partial charge in [-0.1, -0.05) is 0 Å². The normalized spacial score (nSPS) is 28.7. The summed E-state index contributed by atoms with van der Waals surface area (Å²) in [6, 6.07) is -0.402. The van der Waals surface area contributed by atoms with E-state index < -0.39 is 6.04 Å². The van der Waals surface area contributed by atoms with E-state index in [2.05, 4.69) is 0 Å². The Morgan fingerprint density at radius 2 is 2.00 bits per heavy atom. The van der Waals surface area contributed by atoms with Gasteiger partial charge in [-0.3, -0.25) is 14.6 Å². The Hall–Kier alpha value is -1.10. The van der Waals surface area contributed by atoms with Gasteiger partial charge < -0.3 is 5.73 Å². The molecular weight excluding hydrogens is 182 g/mol. The molecule has 0 aromatic heterocycles. The van der Waals surface area contributed by atoms with Crippen LogP contribution < -0.4 is 5.73 Å². The minimum absolute atomic E-state index is 0.0377. The van der Waals surface area contributed by atoms with E-state index in [0.717, 1.165) is 25.9 Å². The van der Waals surface area contributed by atoms with Gasteiger partial charge in [0.05, 0.1) is 0 Å². The van der Waals surface area contributed by atoms with Crippen molar-refractivity contribution in [2.24, 2.45) is 5.73 Å². The van der Waals surface area contributed by atoms with Gasteiger partial charge in [0.1, 0.15) is 6.04 Å². The lowest BCUT2D eigenvalue weighted by molar-refractivity contribution is -0.150. The third-order valence-electron chi connectivity index (χ3n) is 2.90. The highest BCUT2D eigenvalue weighted by Crippen LogP contribution is 2.23. The fourth-order valence-corrected chi connectivity index (χ4v) is 2.20. The van der Waals surface area contributed by atoms with Crippen LogP contribution in [-0.4, -0.2) is 41.0 Å². The van der Waals surface area contributed by atoms with E-state index in [9.17, 15) is 9.59 Å². The minimum atomic E-state index is -0.402.